The summed E-state index contributed by atoms with van der Waals surface area (Å²) < 4.78 is 1.78. The zero-order valence-corrected chi connectivity index (χ0v) is 12.7. The van der Waals surface area contributed by atoms with Crippen molar-refractivity contribution in [2.75, 3.05) is 0 Å². The number of hydrogen-bond acceptors (Lipinski definition) is 3. The van der Waals surface area contributed by atoms with Crippen molar-refractivity contribution in [2.45, 2.75) is 26.8 Å². The van der Waals surface area contributed by atoms with Crippen LogP contribution in [-0.4, -0.2) is 15.7 Å². The maximum absolute atomic E-state index is 11.5. The maximum Gasteiger partial charge on any atom is 0.296 e. The van der Waals surface area contributed by atoms with Crippen molar-refractivity contribution in [3.63, 3.8) is 0 Å². The van der Waals surface area contributed by atoms with Crippen molar-refractivity contribution >= 4 is 5.91 Å². The summed E-state index contributed by atoms with van der Waals surface area (Å²) in [7, 11) is 0. The van der Waals surface area contributed by atoms with Crippen LogP contribution >= 0.6 is 0 Å². The Morgan fingerprint density at radius 2 is 2.05 bits per heavy atom. The van der Waals surface area contributed by atoms with E-state index in [4.69, 9.17) is 5.26 Å². The highest BCUT2D eigenvalue weighted by Crippen LogP contribution is 2.20. The summed E-state index contributed by atoms with van der Waals surface area (Å²) in [4.78, 5) is 11.5. The SMILES string of the molecule is CC#CC(=O)NC(C)c1cnn(-c2ccc(C#N)cc2)c1C. The van der Waals surface area contributed by atoms with Gasteiger partial charge >= 0.3 is 0 Å². The molecule has 2 aromatic rings. The molecule has 0 radical (unpaired) electrons. The second-order valence-corrected chi connectivity index (χ2v) is 4.83. The lowest BCUT2D eigenvalue weighted by atomic mass is 10.1. The molecule has 0 fully saturated rings. The fraction of sp³-hybridized carbons (Fsp3) is 0.235. The highest BCUT2D eigenvalue weighted by Gasteiger charge is 2.15. The van der Waals surface area contributed by atoms with Crippen LogP contribution in [0.15, 0.2) is 30.5 Å². The van der Waals surface area contributed by atoms with Gasteiger partial charge in [0.25, 0.3) is 5.91 Å². The predicted octanol–water partition coefficient (Wildman–Crippen LogP) is 2.25. The van der Waals surface area contributed by atoms with Gasteiger partial charge in [0.15, 0.2) is 0 Å². The summed E-state index contributed by atoms with van der Waals surface area (Å²) >= 11 is 0. The topological polar surface area (TPSA) is 70.7 Å². The van der Waals surface area contributed by atoms with E-state index < -0.39 is 0 Å². The van der Waals surface area contributed by atoms with Gasteiger partial charge in [-0.3, -0.25) is 4.79 Å². The third kappa shape index (κ3) is 3.16. The maximum atomic E-state index is 11.5. The number of hydrogen-bond donors (Lipinski definition) is 1. The van der Waals surface area contributed by atoms with Crippen LogP contribution in [0.25, 0.3) is 5.69 Å². The Morgan fingerprint density at radius 3 is 2.64 bits per heavy atom. The number of nitriles is 1. The molecule has 1 amide bonds. The number of amides is 1. The van der Waals surface area contributed by atoms with E-state index in [1.807, 2.05) is 26.0 Å². The van der Waals surface area contributed by atoms with E-state index >= 15 is 0 Å². The molecule has 0 aliphatic carbocycles. The fourth-order valence-electron chi connectivity index (χ4n) is 2.21. The molecule has 2 rings (SSSR count). The molecule has 22 heavy (non-hydrogen) atoms. The van der Waals surface area contributed by atoms with Crippen LogP contribution in [0.3, 0.4) is 0 Å². The zero-order chi connectivity index (χ0) is 16.1. The molecule has 5 heteroatoms. The van der Waals surface area contributed by atoms with Crippen molar-refractivity contribution in [3.05, 3.63) is 47.3 Å². The van der Waals surface area contributed by atoms with Crippen LogP contribution in [0.5, 0.6) is 0 Å². The molecular formula is C17H16N4O. The Bertz CT molecular complexity index is 785. The first-order valence-corrected chi connectivity index (χ1v) is 6.85. The molecule has 0 aliphatic rings. The average Bonchev–Trinajstić information content (AvgIpc) is 2.89. The van der Waals surface area contributed by atoms with Gasteiger partial charge < -0.3 is 5.32 Å². The predicted molar refractivity (Wildman–Crippen MR) is 83.0 cm³/mol. The normalized spacial score (nSPS) is 11.0. The van der Waals surface area contributed by atoms with E-state index in [0.717, 1.165) is 16.9 Å². The molecule has 0 saturated carbocycles. The van der Waals surface area contributed by atoms with Gasteiger partial charge in [-0.2, -0.15) is 10.4 Å². The molecule has 1 N–H and O–H groups in total. The molecule has 1 heterocycles. The number of rotatable bonds is 3. The van der Waals surface area contributed by atoms with Gasteiger partial charge in [0.05, 0.1) is 29.6 Å². The van der Waals surface area contributed by atoms with Crippen LogP contribution in [0.1, 0.15) is 36.7 Å². The molecule has 5 nitrogen and oxygen atoms in total. The van der Waals surface area contributed by atoms with Gasteiger partial charge in [0, 0.05) is 11.3 Å². The van der Waals surface area contributed by atoms with E-state index in [2.05, 4.69) is 28.3 Å². The smallest absolute Gasteiger partial charge is 0.296 e. The van der Waals surface area contributed by atoms with Crippen LogP contribution in [0, 0.1) is 30.1 Å². The summed E-state index contributed by atoms with van der Waals surface area (Å²) in [5, 5.41) is 16.0. The quantitative estimate of drug-likeness (QED) is 0.882. The van der Waals surface area contributed by atoms with E-state index in [0.29, 0.717) is 5.56 Å². The van der Waals surface area contributed by atoms with Gasteiger partial charge in [-0.05, 0) is 51.0 Å². The molecule has 0 aliphatic heterocycles. The molecule has 1 atom stereocenters. The number of benzene rings is 1. The fourth-order valence-corrected chi connectivity index (χ4v) is 2.21. The average molecular weight is 292 g/mol. The van der Waals surface area contributed by atoms with Crippen LogP contribution in [-0.2, 0) is 4.79 Å². The second kappa shape index (κ2) is 6.60. The molecule has 0 saturated heterocycles. The highest BCUT2D eigenvalue weighted by molar-refractivity contribution is 5.93. The first-order valence-electron chi connectivity index (χ1n) is 6.85. The third-order valence-corrected chi connectivity index (χ3v) is 3.34. The van der Waals surface area contributed by atoms with E-state index in [9.17, 15) is 4.79 Å². The molecular weight excluding hydrogens is 276 g/mol. The Hall–Kier alpha value is -3.05. The largest absolute Gasteiger partial charge is 0.339 e. The Morgan fingerprint density at radius 1 is 1.36 bits per heavy atom. The van der Waals surface area contributed by atoms with Crippen LogP contribution < -0.4 is 5.32 Å². The van der Waals surface area contributed by atoms with Crippen molar-refractivity contribution in [1.82, 2.24) is 15.1 Å². The van der Waals surface area contributed by atoms with Crippen LogP contribution in [0.4, 0.5) is 0 Å². The lowest BCUT2D eigenvalue weighted by Crippen LogP contribution is -2.25. The summed E-state index contributed by atoms with van der Waals surface area (Å²) in [6.45, 7) is 5.45. The van der Waals surface area contributed by atoms with Crippen LogP contribution in [0.2, 0.25) is 0 Å². The van der Waals surface area contributed by atoms with Gasteiger partial charge in [-0.15, -0.1) is 0 Å². The van der Waals surface area contributed by atoms with Crippen molar-refractivity contribution in [1.29, 1.82) is 5.26 Å². The monoisotopic (exact) mass is 292 g/mol. The van der Waals surface area contributed by atoms with Gasteiger partial charge in [0.1, 0.15) is 0 Å². The molecule has 1 aromatic carbocycles. The van der Waals surface area contributed by atoms with E-state index in [1.165, 1.54) is 0 Å². The Balaban J connectivity index is 2.26. The summed E-state index contributed by atoms with van der Waals surface area (Å²) in [5.41, 5.74) is 3.33. The Labute approximate surface area is 129 Å². The minimum absolute atomic E-state index is 0.180. The Kier molecular flexibility index (Phi) is 4.60. The number of nitrogens with one attached hydrogen (secondary N) is 1. The summed E-state index contributed by atoms with van der Waals surface area (Å²) in [6.07, 6.45) is 1.73. The zero-order valence-electron chi connectivity index (χ0n) is 12.7. The van der Waals surface area contributed by atoms with E-state index in [-0.39, 0.29) is 11.9 Å². The van der Waals surface area contributed by atoms with E-state index in [1.54, 1.807) is 29.9 Å². The molecule has 1 unspecified atom stereocenters. The number of nitrogens with zero attached hydrogens (tertiary/aromatic N) is 3. The van der Waals surface area contributed by atoms with Gasteiger partial charge in [-0.25, -0.2) is 4.68 Å². The van der Waals surface area contributed by atoms with Gasteiger partial charge in [-0.1, -0.05) is 5.92 Å². The first kappa shape index (κ1) is 15.3. The minimum Gasteiger partial charge on any atom is -0.339 e. The molecule has 110 valence electrons. The standard InChI is InChI=1S/C17H16N4O/c1-4-5-17(22)20-12(2)16-11-19-21(13(16)3)15-8-6-14(10-18)7-9-15/h6-9,11-12H,1-3H3,(H,20,22). The number of carbonyl (C=O) groups excluding carboxylic acids is 1. The highest BCUT2D eigenvalue weighted by atomic mass is 16.1. The first-order chi connectivity index (χ1) is 10.6. The molecule has 1 aromatic heterocycles. The molecule has 0 spiro atoms. The minimum atomic E-state index is -0.305. The summed E-state index contributed by atoms with van der Waals surface area (Å²) in [5.74, 6) is 4.73. The van der Waals surface area contributed by atoms with Crippen molar-refractivity contribution in [2.24, 2.45) is 0 Å². The lowest BCUT2D eigenvalue weighted by molar-refractivity contribution is -0.116. The van der Waals surface area contributed by atoms with Crippen molar-refractivity contribution in [3.8, 4) is 23.6 Å². The number of aromatic nitrogens is 2. The molecule has 0 bridgehead atoms. The lowest BCUT2D eigenvalue weighted by Gasteiger charge is -2.12. The van der Waals surface area contributed by atoms with Gasteiger partial charge in [0.2, 0.25) is 0 Å². The number of carbonyl (C=O) groups is 1. The van der Waals surface area contributed by atoms with Crippen molar-refractivity contribution < 1.29 is 4.79 Å². The second-order valence-electron chi connectivity index (χ2n) is 4.83. The third-order valence-electron chi connectivity index (χ3n) is 3.34. The summed E-state index contributed by atoms with van der Waals surface area (Å²) in [6, 6.07) is 9.09.